The van der Waals surface area contributed by atoms with E-state index in [-0.39, 0.29) is 5.91 Å². The lowest BCUT2D eigenvalue weighted by atomic mass is 10.2. The number of hydrogen-bond acceptors (Lipinski definition) is 4. The molecule has 1 aliphatic heterocycles. The van der Waals surface area contributed by atoms with Gasteiger partial charge in [-0.1, -0.05) is 0 Å². The molecule has 1 saturated heterocycles. The molecule has 1 fully saturated rings. The number of hydrogen-bond donors (Lipinski definition) is 1. The van der Waals surface area contributed by atoms with Gasteiger partial charge >= 0.3 is 0 Å². The van der Waals surface area contributed by atoms with E-state index in [2.05, 4.69) is 38.1 Å². The van der Waals surface area contributed by atoms with Crippen molar-refractivity contribution in [2.75, 3.05) is 25.0 Å². The van der Waals surface area contributed by atoms with Crippen molar-refractivity contribution >= 4 is 11.7 Å². The molecule has 118 valence electrons. The van der Waals surface area contributed by atoms with Crippen LogP contribution in [0.2, 0.25) is 0 Å². The van der Waals surface area contributed by atoms with Gasteiger partial charge in [0.05, 0.1) is 18.3 Å². The molecule has 0 aliphatic carbocycles. The van der Waals surface area contributed by atoms with Crippen LogP contribution in [-0.2, 0) is 11.8 Å². The maximum Gasteiger partial charge on any atom is 0.239 e. The van der Waals surface area contributed by atoms with Crippen molar-refractivity contribution in [2.45, 2.75) is 26.3 Å². The number of likely N-dealkylation sites (tertiary alicyclic amines) is 1. The van der Waals surface area contributed by atoms with Crippen molar-refractivity contribution in [3.05, 3.63) is 29.7 Å². The molecule has 3 heterocycles. The molecule has 0 unspecified atom stereocenters. The highest BCUT2D eigenvalue weighted by molar-refractivity contribution is 5.91. The number of aryl methyl sites for hydroxylation is 3. The average molecular weight is 302 g/mol. The third-order valence-corrected chi connectivity index (χ3v) is 3.99. The first-order valence-electron chi connectivity index (χ1n) is 7.56. The Morgan fingerprint density at radius 1 is 1.41 bits per heavy atom. The summed E-state index contributed by atoms with van der Waals surface area (Å²) in [5, 5.41) is 11.5. The maximum absolute atomic E-state index is 12.1. The topological polar surface area (TPSA) is 68.0 Å². The maximum atomic E-state index is 12.1. The second-order valence-corrected chi connectivity index (χ2v) is 5.97. The van der Waals surface area contributed by atoms with Gasteiger partial charge in [-0.3, -0.25) is 19.1 Å². The largest absolute Gasteiger partial charge is 0.308 e. The summed E-state index contributed by atoms with van der Waals surface area (Å²) in [6.45, 7) is 6.26. The lowest BCUT2D eigenvalue weighted by Gasteiger charge is -2.16. The minimum atomic E-state index is -0.0206. The van der Waals surface area contributed by atoms with Crippen LogP contribution in [0.3, 0.4) is 0 Å². The highest BCUT2D eigenvalue weighted by Crippen LogP contribution is 2.22. The van der Waals surface area contributed by atoms with E-state index in [9.17, 15) is 4.79 Å². The number of carbonyl (C=O) groups is 1. The Balaban J connectivity index is 1.54. The van der Waals surface area contributed by atoms with E-state index in [1.54, 1.807) is 10.7 Å². The minimum Gasteiger partial charge on any atom is -0.308 e. The zero-order valence-electron chi connectivity index (χ0n) is 13.3. The van der Waals surface area contributed by atoms with Gasteiger partial charge < -0.3 is 5.32 Å². The standard InChI is InChI=1S/C15H22N6O/c1-11-8-12(2)21(17-11)13-4-7-20(9-13)10-15(22)16-14-5-6-19(3)18-14/h5-6,8,13H,4,7,9-10H2,1-3H3,(H,16,18,22)/t13-/m0/s1. The van der Waals surface area contributed by atoms with Crippen molar-refractivity contribution in [3.8, 4) is 0 Å². The van der Waals surface area contributed by atoms with Crippen LogP contribution in [-0.4, -0.2) is 50.0 Å². The van der Waals surface area contributed by atoms with Crippen molar-refractivity contribution in [2.24, 2.45) is 7.05 Å². The van der Waals surface area contributed by atoms with E-state index >= 15 is 0 Å². The Morgan fingerprint density at radius 3 is 2.86 bits per heavy atom. The first-order valence-corrected chi connectivity index (χ1v) is 7.56. The van der Waals surface area contributed by atoms with E-state index in [0.29, 0.717) is 18.4 Å². The normalized spacial score (nSPS) is 18.8. The summed E-state index contributed by atoms with van der Waals surface area (Å²) in [6, 6.07) is 4.24. The van der Waals surface area contributed by atoms with Crippen molar-refractivity contribution < 1.29 is 4.79 Å². The first kappa shape index (κ1) is 14.8. The zero-order valence-corrected chi connectivity index (χ0v) is 13.3. The molecule has 7 nitrogen and oxygen atoms in total. The molecule has 2 aromatic heterocycles. The van der Waals surface area contributed by atoms with Crippen molar-refractivity contribution in [1.82, 2.24) is 24.5 Å². The van der Waals surface area contributed by atoms with E-state index < -0.39 is 0 Å². The van der Waals surface area contributed by atoms with Gasteiger partial charge in [0, 0.05) is 38.1 Å². The molecule has 0 spiro atoms. The summed E-state index contributed by atoms with van der Waals surface area (Å²) >= 11 is 0. The number of nitrogens with one attached hydrogen (secondary N) is 1. The molecule has 2 aromatic rings. The number of anilines is 1. The van der Waals surface area contributed by atoms with Gasteiger partial charge in [0.2, 0.25) is 5.91 Å². The van der Waals surface area contributed by atoms with Gasteiger partial charge in [-0.15, -0.1) is 0 Å². The number of aromatic nitrogens is 4. The summed E-state index contributed by atoms with van der Waals surface area (Å²) < 4.78 is 3.76. The van der Waals surface area contributed by atoms with E-state index in [0.717, 1.165) is 25.2 Å². The monoisotopic (exact) mass is 302 g/mol. The minimum absolute atomic E-state index is 0.0206. The molecule has 1 N–H and O–H groups in total. The predicted molar refractivity (Wildman–Crippen MR) is 83.6 cm³/mol. The summed E-state index contributed by atoms with van der Waals surface area (Å²) in [5.74, 6) is 0.578. The zero-order chi connectivity index (χ0) is 15.7. The number of carbonyl (C=O) groups excluding carboxylic acids is 1. The molecule has 0 bridgehead atoms. The molecule has 0 radical (unpaired) electrons. The van der Waals surface area contributed by atoms with Crippen LogP contribution in [0.1, 0.15) is 23.9 Å². The summed E-state index contributed by atoms with van der Waals surface area (Å²) in [4.78, 5) is 14.2. The smallest absolute Gasteiger partial charge is 0.239 e. The molecule has 7 heteroatoms. The molecule has 0 aromatic carbocycles. The van der Waals surface area contributed by atoms with Crippen LogP contribution in [0.4, 0.5) is 5.82 Å². The van der Waals surface area contributed by atoms with Crippen LogP contribution in [0.15, 0.2) is 18.3 Å². The van der Waals surface area contributed by atoms with Gasteiger partial charge in [0.25, 0.3) is 0 Å². The summed E-state index contributed by atoms with van der Waals surface area (Å²) in [5.41, 5.74) is 2.23. The van der Waals surface area contributed by atoms with Gasteiger partial charge in [0.1, 0.15) is 0 Å². The molecular weight excluding hydrogens is 280 g/mol. The van der Waals surface area contributed by atoms with Gasteiger partial charge in [-0.2, -0.15) is 10.2 Å². The third-order valence-electron chi connectivity index (χ3n) is 3.99. The third kappa shape index (κ3) is 3.19. The number of amides is 1. The number of rotatable bonds is 4. The van der Waals surface area contributed by atoms with Gasteiger partial charge in [-0.05, 0) is 26.3 Å². The summed E-state index contributed by atoms with van der Waals surface area (Å²) in [6.07, 6.45) is 2.84. The van der Waals surface area contributed by atoms with Crippen LogP contribution in [0.25, 0.3) is 0 Å². The fraction of sp³-hybridized carbons (Fsp3) is 0.533. The predicted octanol–water partition coefficient (Wildman–Crippen LogP) is 1.12. The average Bonchev–Trinajstić information content (AvgIpc) is 3.12. The molecule has 3 rings (SSSR count). The molecule has 1 amide bonds. The van der Waals surface area contributed by atoms with Gasteiger partial charge in [-0.25, -0.2) is 0 Å². The SMILES string of the molecule is Cc1cc(C)n([C@H]2CCN(CC(=O)Nc3ccn(C)n3)C2)n1. The Hall–Kier alpha value is -2.15. The Kier molecular flexibility index (Phi) is 3.98. The molecular formula is C15H22N6O. The fourth-order valence-electron chi connectivity index (χ4n) is 3.04. The first-order chi connectivity index (χ1) is 10.5. The Labute approximate surface area is 129 Å². The highest BCUT2D eigenvalue weighted by atomic mass is 16.2. The van der Waals surface area contributed by atoms with Crippen LogP contribution in [0.5, 0.6) is 0 Å². The van der Waals surface area contributed by atoms with Crippen LogP contribution >= 0.6 is 0 Å². The van der Waals surface area contributed by atoms with Crippen LogP contribution < -0.4 is 5.32 Å². The fourth-order valence-corrected chi connectivity index (χ4v) is 3.04. The Bertz CT molecular complexity index is 673. The van der Waals surface area contributed by atoms with Crippen molar-refractivity contribution in [1.29, 1.82) is 0 Å². The molecule has 1 aliphatic rings. The second-order valence-electron chi connectivity index (χ2n) is 5.97. The molecule has 22 heavy (non-hydrogen) atoms. The second kappa shape index (κ2) is 5.92. The van der Waals surface area contributed by atoms with Gasteiger partial charge in [0.15, 0.2) is 5.82 Å². The van der Waals surface area contributed by atoms with Crippen LogP contribution in [0, 0.1) is 13.8 Å². The lowest BCUT2D eigenvalue weighted by Crippen LogP contribution is -2.32. The Morgan fingerprint density at radius 2 is 2.23 bits per heavy atom. The molecule has 0 saturated carbocycles. The highest BCUT2D eigenvalue weighted by Gasteiger charge is 2.26. The van der Waals surface area contributed by atoms with E-state index in [1.807, 2.05) is 20.2 Å². The lowest BCUT2D eigenvalue weighted by molar-refractivity contribution is -0.117. The van der Waals surface area contributed by atoms with E-state index in [4.69, 9.17) is 0 Å². The van der Waals surface area contributed by atoms with E-state index in [1.165, 1.54) is 5.69 Å². The quantitative estimate of drug-likeness (QED) is 0.919. The summed E-state index contributed by atoms with van der Waals surface area (Å²) in [7, 11) is 1.83. The number of nitrogens with zero attached hydrogens (tertiary/aromatic N) is 5. The molecule has 1 atom stereocenters. The van der Waals surface area contributed by atoms with Crippen molar-refractivity contribution in [3.63, 3.8) is 0 Å².